The van der Waals surface area contributed by atoms with Gasteiger partial charge in [0.05, 0.1) is 18.9 Å². The number of ether oxygens (including phenoxy) is 1. The summed E-state index contributed by atoms with van der Waals surface area (Å²) in [7, 11) is 0. The van der Waals surface area contributed by atoms with Crippen LogP contribution in [0, 0.1) is 5.92 Å². The SMILES string of the molecule is O=C(CC1CCCC1)NC1=CC(N2CCOCC2)=C(F)C(F)(C(F)(F)F)C1. The van der Waals surface area contributed by atoms with E-state index in [1.54, 1.807) is 0 Å². The van der Waals surface area contributed by atoms with E-state index >= 15 is 0 Å². The predicted octanol–water partition coefficient (Wildman–Crippen LogP) is 3.75. The van der Waals surface area contributed by atoms with Crippen molar-refractivity contribution in [1.82, 2.24) is 10.2 Å². The molecular formula is C18H23F5N2O2. The molecule has 0 radical (unpaired) electrons. The van der Waals surface area contributed by atoms with E-state index in [9.17, 15) is 26.7 Å². The van der Waals surface area contributed by atoms with Gasteiger partial charge in [-0.15, -0.1) is 0 Å². The summed E-state index contributed by atoms with van der Waals surface area (Å²) in [6.45, 7) is 0.714. The van der Waals surface area contributed by atoms with Crippen LogP contribution in [0.25, 0.3) is 0 Å². The molecular weight excluding hydrogens is 371 g/mol. The van der Waals surface area contributed by atoms with Crippen molar-refractivity contribution < 1.29 is 31.5 Å². The van der Waals surface area contributed by atoms with Gasteiger partial charge in [-0.1, -0.05) is 12.8 Å². The maximum atomic E-state index is 14.8. The van der Waals surface area contributed by atoms with Crippen LogP contribution in [0.3, 0.4) is 0 Å². The van der Waals surface area contributed by atoms with Gasteiger partial charge in [-0.25, -0.2) is 8.78 Å². The van der Waals surface area contributed by atoms with Crippen molar-refractivity contribution in [1.29, 1.82) is 0 Å². The molecule has 1 heterocycles. The van der Waals surface area contributed by atoms with Gasteiger partial charge in [-0.3, -0.25) is 4.79 Å². The van der Waals surface area contributed by atoms with Crippen LogP contribution < -0.4 is 5.32 Å². The summed E-state index contributed by atoms with van der Waals surface area (Å²) in [5, 5.41) is 2.39. The standard InChI is InChI=1S/C18H23F5N2O2/c19-16-14(25-5-7-27-8-6-25)10-13(11-17(16,20)18(21,22)23)24-15(26)9-12-3-1-2-4-12/h10,12H,1-9,11H2,(H,24,26). The first-order valence-corrected chi connectivity index (χ1v) is 9.20. The highest BCUT2D eigenvalue weighted by Gasteiger charge is 2.62. The largest absolute Gasteiger partial charge is 0.429 e. The minimum Gasteiger partial charge on any atom is -0.378 e. The van der Waals surface area contributed by atoms with Crippen molar-refractivity contribution >= 4 is 5.91 Å². The van der Waals surface area contributed by atoms with Crippen LogP contribution >= 0.6 is 0 Å². The van der Waals surface area contributed by atoms with Crippen LogP contribution in [0.4, 0.5) is 22.0 Å². The Morgan fingerprint density at radius 3 is 2.48 bits per heavy atom. The van der Waals surface area contributed by atoms with E-state index in [1.165, 1.54) is 4.90 Å². The second-order valence-electron chi connectivity index (χ2n) is 7.35. The molecule has 1 unspecified atom stereocenters. The van der Waals surface area contributed by atoms with Gasteiger partial charge in [0.2, 0.25) is 5.91 Å². The minimum absolute atomic E-state index is 0.149. The fraction of sp³-hybridized carbons (Fsp3) is 0.722. The number of nitrogens with one attached hydrogen (secondary N) is 1. The monoisotopic (exact) mass is 394 g/mol. The van der Waals surface area contributed by atoms with Crippen molar-refractivity contribution in [3.8, 4) is 0 Å². The second kappa shape index (κ2) is 7.77. The van der Waals surface area contributed by atoms with E-state index in [2.05, 4.69) is 5.32 Å². The fourth-order valence-corrected chi connectivity index (χ4v) is 3.87. The maximum Gasteiger partial charge on any atom is 0.429 e. The highest BCUT2D eigenvalue weighted by Crippen LogP contribution is 2.48. The van der Waals surface area contributed by atoms with Gasteiger partial charge in [0.1, 0.15) is 0 Å². The van der Waals surface area contributed by atoms with E-state index in [0.717, 1.165) is 31.8 Å². The van der Waals surface area contributed by atoms with E-state index < -0.39 is 35.7 Å². The first-order chi connectivity index (χ1) is 12.7. The second-order valence-corrected chi connectivity index (χ2v) is 7.35. The number of carbonyl (C=O) groups excluding carboxylic acids is 1. The molecule has 1 aliphatic heterocycles. The smallest absolute Gasteiger partial charge is 0.378 e. The van der Waals surface area contributed by atoms with Crippen molar-refractivity contribution in [2.24, 2.45) is 5.92 Å². The summed E-state index contributed by atoms with van der Waals surface area (Å²) >= 11 is 0. The minimum atomic E-state index is -5.43. The quantitative estimate of drug-likeness (QED) is 0.739. The molecule has 0 aromatic heterocycles. The number of hydrogen-bond acceptors (Lipinski definition) is 3. The zero-order valence-corrected chi connectivity index (χ0v) is 14.9. The highest BCUT2D eigenvalue weighted by atomic mass is 19.4. The molecule has 9 heteroatoms. The number of rotatable bonds is 4. The number of allylic oxidation sites excluding steroid dienone is 3. The molecule has 1 N–H and O–H groups in total. The average Bonchev–Trinajstić information content (AvgIpc) is 3.10. The molecule has 27 heavy (non-hydrogen) atoms. The fourth-order valence-electron chi connectivity index (χ4n) is 3.87. The van der Waals surface area contributed by atoms with Crippen LogP contribution in [0.5, 0.6) is 0 Å². The van der Waals surface area contributed by atoms with Crippen molar-refractivity contribution in [2.75, 3.05) is 26.3 Å². The molecule has 3 aliphatic rings. The number of amides is 1. The molecule has 1 saturated heterocycles. The Kier molecular flexibility index (Phi) is 5.79. The van der Waals surface area contributed by atoms with Gasteiger partial charge >= 0.3 is 6.18 Å². The molecule has 4 nitrogen and oxygen atoms in total. The van der Waals surface area contributed by atoms with Crippen molar-refractivity contribution in [3.05, 3.63) is 23.3 Å². The molecule has 0 bridgehead atoms. The average molecular weight is 394 g/mol. The molecule has 0 aromatic carbocycles. The van der Waals surface area contributed by atoms with E-state index in [4.69, 9.17) is 4.74 Å². The Morgan fingerprint density at radius 1 is 1.26 bits per heavy atom. The summed E-state index contributed by atoms with van der Waals surface area (Å²) in [5.74, 6) is -2.12. The van der Waals surface area contributed by atoms with E-state index in [-0.39, 0.29) is 44.3 Å². The normalized spacial score (nSPS) is 27.7. The van der Waals surface area contributed by atoms with Crippen LogP contribution in [0.1, 0.15) is 38.5 Å². The number of halogens is 5. The Bertz CT molecular complexity index is 634. The molecule has 1 atom stereocenters. The van der Waals surface area contributed by atoms with Crippen LogP contribution in [-0.2, 0) is 9.53 Å². The Morgan fingerprint density at radius 2 is 1.89 bits per heavy atom. The van der Waals surface area contributed by atoms with Crippen LogP contribution in [-0.4, -0.2) is 49.0 Å². The first kappa shape index (κ1) is 20.1. The number of alkyl halides is 4. The third-order valence-corrected chi connectivity index (χ3v) is 5.37. The number of hydrogen-bond donors (Lipinski definition) is 1. The predicted molar refractivity (Wildman–Crippen MR) is 87.8 cm³/mol. The lowest BCUT2D eigenvalue weighted by molar-refractivity contribution is -0.222. The summed E-state index contributed by atoms with van der Waals surface area (Å²) < 4.78 is 74.4. The maximum absolute atomic E-state index is 14.8. The van der Waals surface area contributed by atoms with Gasteiger partial charge in [-0.05, 0) is 24.8 Å². The number of nitrogens with zero attached hydrogens (tertiary/aromatic N) is 1. The third-order valence-electron chi connectivity index (χ3n) is 5.37. The first-order valence-electron chi connectivity index (χ1n) is 9.20. The number of morpholine rings is 1. The molecule has 2 aliphatic carbocycles. The van der Waals surface area contributed by atoms with E-state index in [1.807, 2.05) is 0 Å². The summed E-state index contributed by atoms with van der Waals surface area (Å²) in [6, 6.07) is 0. The zero-order valence-electron chi connectivity index (χ0n) is 14.9. The molecule has 1 amide bonds. The molecule has 3 rings (SSSR count). The van der Waals surface area contributed by atoms with Gasteiger partial charge in [0.15, 0.2) is 5.83 Å². The lowest BCUT2D eigenvalue weighted by Crippen LogP contribution is -2.48. The van der Waals surface area contributed by atoms with E-state index in [0.29, 0.717) is 0 Å². The lowest BCUT2D eigenvalue weighted by Gasteiger charge is -2.37. The van der Waals surface area contributed by atoms with Gasteiger partial charge < -0.3 is 15.0 Å². The molecule has 152 valence electrons. The van der Waals surface area contributed by atoms with Crippen molar-refractivity contribution in [3.63, 3.8) is 0 Å². The highest BCUT2D eigenvalue weighted by molar-refractivity contribution is 5.78. The molecule has 0 aromatic rings. The third kappa shape index (κ3) is 4.28. The van der Waals surface area contributed by atoms with Gasteiger partial charge in [0, 0.05) is 31.6 Å². The summed E-state index contributed by atoms with van der Waals surface area (Å²) in [4.78, 5) is 13.5. The van der Waals surface area contributed by atoms with Gasteiger partial charge in [-0.2, -0.15) is 13.2 Å². The summed E-state index contributed by atoms with van der Waals surface area (Å²) in [6.07, 6.45) is -1.55. The van der Waals surface area contributed by atoms with Gasteiger partial charge in [0.25, 0.3) is 5.67 Å². The summed E-state index contributed by atoms with van der Waals surface area (Å²) in [5.41, 5.74) is -4.87. The zero-order chi connectivity index (χ0) is 19.7. The van der Waals surface area contributed by atoms with Crippen molar-refractivity contribution in [2.45, 2.75) is 50.4 Å². The number of carbonyl (C=O) groups is 1. The molecule has 1 saturated carbocycles. The molecule has 2 fully saturated rings. The Labute approximate surface area is 154 Å². The molecule has 0 spiro atoms. The van der Waals surface area contributed by atoms with Crippen LogP contribution in [0.15, 0.2) is 23.3 Å². The lowest BCUT2D eigenvalue weighted by atomic mass is 9.90. The topological polar surface area (TPSA) is 41.6 Å². The Hall–Kier alpha value is -1.64. The van der Waals surface area contributed by atoms with Crippen LogP contribution in [0.2, 0.25) is 0 Å². The Balaban J connectivity index is 1.83.